The molecule has 0 spiro atoms. The van der Waals surface area contributed by atoms with Gasteiger partial charge in [0.1, 0.15) is 0 Å². The number of halogens is 1. The van der Waals surface area contributed by atoms with E-state index in [2.05, 4.69) is 26.3 Å². The van der Waals surface area contributed by atoms with Gasteiger partial charge in [0, 0.05) is 18.1 Å². The molecule has 0 bridgehead atoms. The largest absolute Gasteiger partial charge is 0.325 e. The highest BCUT2D eigenvalue weighted by Crippen LogP contribution is 2.19. The second-order valence-corrected chi connectivity index (χ2v) is 6.81. The van der Waals surface area contributed by atoms with Crippen molar-refractivity contribution >= 4 is 27.5 Å². The average Bonchev–Trinajstić information content (AvgIpc) is 2.81. The molecule has 1 heterocycles. The third-order valence-corrected chi connectivity index (χ3v) is 2.99. The number of nitrogens with one attached hydrogen (secondary N) is 1. The van der Waals surface area contributed by atoms with Crippen LogP contribution in [0.25, 0.3) is 0 Å². The maximum absolute atomic E-state index is 11.9. The van der Waals surface area contributed by atoms with Crippen molar-refractivity contribution in [3.63, 3.8) is 0 Å². The molecule has 5 heteroatoms. The van der Waals surface area contributed by atoms with Crippen LogP contribution in [0.5, 0.6) is 0 Å². The predicted molar refractivity (Wildman–Crippen MR) is 79.4 cm³/mol. The van der Waals surface area contributed by atoms with Crippen LogP contribution in [0.4, 0.5) is 5.69 Å². The first-order valence-electron chi connectivity index (χ1n) is 6.02. The Balaban J connectivity index is 2.09. The summed E-state index contributed by atoms with van der Waals surface area (Å²) in [6, 6.07) is 9.66. The number of anilines is 1. The molecule has 0 saturated heterocycles. The summed E-state index contributed by atoms with van der Waals surface area (Å²) in [4.78, 5) is 11.9. The van der Waals surface area contributed by atoms with Crippen molar-refractivity contribution in [3.05, 3.63) is 48.3 Å². The molecule has 4 nitrogen and oxygen atoms in total. The van der Waals surface area contributed by atoms with Crippen molar-refractivity contribution in [1.82, 2.24) is 9.78 Å². The van der Waals surface area contributed by atoms with Crippen molar-refractivity contribution < 1.29 is 4.79 Å². The van der Waals surface area contributed by atoms with E-state index in [-0.39, 0.29) is 5.91 Å². The van der Waals surface area contributed by atoms with Crippen molar-refractivity contribution in [3.8, 4) is 0 Å². The van der Waals surface area contributed by atoms with Gasteiger partial charge in [-0.1, -0.05) is 28.1 Å². The lowest BCUT2D eigenvalue weighted by atomic mass is 10.1. The first kappa shape index (κ1) is 13.8. The third kappa shape index (κ3) is 3.92. The van der Waals surface area contributed by atoms with Crippen LogP contribution in [0.2, 0.25) is 0 Å². The number of aromatic nitrogens is 2. The molecule has 0 radical (unpaired) electrons. The smallest absolute Gasteiger partial charge is 0.240 e. The molecule has 0 aliphatic rings. The van der Waals surface area contributed by atoms with E-state index in [0.29, 0.717) is 6.54 Å². The predicted octanol–water partition coefficient (Wildman–Crippen LogP) is 3.04. The Kier molecular flexibility index (Phi) is 4.04. The van der Waals surface area contributed by atoms with Gasteiger partial charge < -0.3 is 5.32 Å². The molecule has 0 aliphatic heterocycles. The van der Waals surface area contributed by atoms with Crippen LogP contribution in [0.1, 0.15) is 19.4 Å². The van der Waals surface area contributed by atoms with E-state index < -0.39 is 4.32 Å². The Hall–Kier alpha value is -1.62. The summed E-state index contributed by atoms with van der Waals surface area (Å²) >= 11 is 3.34. The summed E-state index contributed by atoms with van der Waals surface area (Å²) < 4.78 is 1.26. The van der Waals surface area contributed by atoms with Crippen LogP contribution >= 0.6 is 15.9 Å². The van der Waals surface area contributed by atoms with E-state index in [0.717, 1.165) is 11.3 Å². The Morgan fingerprint density at radius 3 is 2.84 bits per heavy atom. The van der Waals surface area contributed by atoms with Gasteiger partial charge >= 0.3 is 0 Å². The summed E-state index contributed by atoms with van der Waals surface area (Å²) in [5.74, 6) is -0.0660. The number of nitrogens with zero attached hydrogens (tertiary/aromatic N) is 2. The average molecular weight is 322 g/mol. The SMILES string of the molecule is CC(C)(Br)C(=O)Nc1cccc(Cn2cccn2)c1. The Labute approximate surface area is 120 Å². The molecule has 1 aromatic carbocycles. The van der Waals surface area contributed by atoms with Gasteiger partial charge in [0.2, 0.25) is 5.91 Å². The van der Waals surface area contributed by atoms with Gasteiger partial charge in [-0.2, -0.15) is 5.10 Å². The quantitative estimate of drug-likeness (QED) is 0.880. The molecule has 0 saturated carbocycles. The monoisotopic (exact) mass is 321 g/mol. The summed E-state index contributed by atoms with van der Waals surface area (Å²) in [5, 5.41) is 7.05. The van der Waals surface area contributed by atoms with Crippen LogP contribution in [-0.4, -0.2) is 20.0 Å². The number of benzene rings is 1. The number of amides is 1. The number of rotatable bonds is 4. The third-order valence-electron chi connectivity index (χ3n) is 2.63. The lowest BCUT2D eigenvalue weighted by Crippen LogP contribution is -2.30. The second kappa shape index (κ2) is 5.57. The van der Waals surface area contributed by atoms with Crippen LogP contribution in [0.3, 0.4) is 0 Å². The van der Waals surface area contributed by atoms with Gasteiger partial charge in [0.05, 0.1) is 10.9 Å². The molecule has 1 N–H and O–H groups in total. The minimum Gasteiger partial charge on any atom is -0.325 e. The van der Waals surface area contributed by atoms with Gasteiger partial charge in [-0.15, -0.1) is 0 Å². The standard InChI is InChI=1S/C14H16BrN3O/c1-14(2,15)13(19)17-12-6-3-5-11(9-12)10-18-8-4-7-16-18/h3-9H,10H2,1-2H3,(H,17,19). The Morgan fingerprint density at radius 2 is 2.21 bits per heavy atom. The molecule has 0 unspecified atom stereocenters. The summed E-state index contributed by atoms with van der Waals surface area (Å²) in [5.41, 5.74) is 1.89. The normalized spacial score (nSPS) is 11.3. The first-order chi connectivity index (χ1) is 8.95. The molecular formula is C14H16BrN3O. The molecule has 0 aliphatic carbocycles. The lowest BCUT2D eigenvalue weighted by Gasteiger charge is -2.16. The zero-order chi connectivity index (χ0) is 13.9. The van der Waals surface area contributed by atoms with E-state index in [4.69, 9.17) is 0 Å². The molecule has 1 aromatic heterocycles. The van der Waals surface area contributed by atoms with Crippen LogP contribution < -0.4 is 5.32 Å². The zero-order valence-corrected chi connectivity index (χ0v) is 12.5. The highest BCUT2D eigenvalue weighted by Gasteiger charge is 2.23. The van der Waals surface area contributed by atoms with E-state index in [1.807, 2.05) is 55.1 Å². The van der Waals surface area contributed by atoms with Crippen molar-refractivity contribution in [1.29, 1.82) is 0 Å². The minimum absolute atomic E-state index is 0.0660. The van der Waals surface area contributed by atoms with Gasteiger partial charge in [0.25, 0.3) is 0 Å². The van der Waals surface area contributed by atoms with Gasteiger partial charge in [-0.25, -0.2) is 0 Å². The maximum Gasteiger partial charge on any atom is 0.240 e. The second-order valence-electron chi connectivity index (χ2n) is 4.83. The molecule has 0 fully saturated rings. The number of alkyl halides is 1. The lowest BCUT2D eigenvalue weighted by molar-refractivity contribution is -0.117. The van der Waals surface area contributed by atoms with Gasteiger partial charge in [-0.05, 0) is 37.6 Å². The number of carbonyl (C=O) groups is 1. The molecule has 2 rings (SSSR count). The van der Waals surface area contributed by atoms with Gasteiger partial charge in [0.15, 0.2) is 0 Å². The molecule has 2 aromatic rings. The molecule has 1 amide bonds. The molecule has 100 valence electrons. The van der Waals surface area contributed by atoms with E-state index in [1.54, 1.807) is 6.20 Å². The van der Waals surface area contributed by atoms with Crippen molar-refractivity contribution in [2.75, 3.05) is 5.32 Å². The number of hydrogen-bond donors (Lipinski definition) is 1. The fourth-order valence-electron chi connectivity index (χ4n) is 1.61. The van der Waals surface area contributed by atoms with Crippen molar-refractivity contribution in [2.45, 2.75) is 24.7 Å². The van der Waals surface area contributed by atoms with E-state index in [9.17, 15) is 4.79 Å². The fourth-order valence-corrected chi connectivity index (χ4v) is 1.71. The fraction of sp³-hybridized carbons (Fsp3) is 0.286. The molecule has 0 atom stereocenters. The molecule has 19 heavy (non-hydrogen) atoms. The topological polar surface area (TPSA) is 46.9 Å². The highest BCUT2D eigenvalue weighted by atomic mass is 79.9. The Bertz CT molecular complexity index is 558. The number of carbonyl (C=O) groups excluding carboxylic acids is 1. The van der Waals surface area contributed by atoms with Crippen LogP contribution in [-0.2, 0) is 11.3 Å². The Morgan fingerprint density at radius 1 is 1.42 bits per heavy atom. The maximum atomic E-state index is 11.9. The molecular weight excluding hydrogens is 306 g/mol. The first-order valence-corrected chi connectivity index (χ1v) is 6.81. The van der Waals surface area contributed by atoms with E-state index in [1.165, 1.54) is 0 Å². The van der Waals surface area contributed by atoms with Crippen LogP contribution in [0.15, 0.2) is 42.7 Å². The number of hydrogen-bond acceptors (Lipinski definition) is 2. The van der Waals surface area contributed by atoms with Gasteiger partial charge in [-0.3, -0.25) is 9.48 Å². The van der Waals surface area contributed by atoms with E-state index >= 15 is 0 Å². The summed E-state index contributed by atoms with van der Waals surface area (Å²) in [6.45, 7) is 4.32. The van der Waals surface area contributed by atoms with Crippen LogP contribution in [0, 0.1) is 0 Å². The minimum atomic E-state index is -0.578. The summed E-state index contributed by atoms with van der Waals surface area (Å²) in [6.07, 6.45) is 3.66. The van der Waals surface area contributed by atoms with Crippen molar-refractivity contribution in [2.24, 2.45) is 0 Å². The highest BCUT2D eigenvalue weighted by molar-refractivity contribution is 9.10. The summed E-state index contributed by atoms with van der Waals surface area (Å²) in [7, 11) is 0. The zero-order valence-electron chi connectivity index (χ0n) is 10.9.